The van der Waals surface area contributed by atoms with Crippen molar-refractivity contribution in [1.29, 1.82) is 0 Å². The fourth-order valence-electron chi connectivity index (χ4n) is 4.73. The van der Waals surface area contributed by atoms with E-state index in [9.17, 15) is 13.2 Å². The summed E-state index contributed by atoms with van der Waals surface area (Å²) in [4.78, 5) is 4.05. The van der Waals surface area contributed by atoms with E-state index in [2.05, 4.69) is 28.8 Å². The molecule has 30 heavy (non-hydrogen) atoms. The zero-order chi connectivity index (χ0) is 21.1. The standard InChI is InChI=1S/C25H28F3NO/c1-2-3-4-5-6-7-8-17-13-19-15-18-9-11-23-21(22(18)16-20(19)14-17)10-12-24(29-23)30-25(26,27)28/h9-12,15-17H,2-8,13-14H2,1H3. The van der Waals surface area contributed by atoms with E-state index in [0.29, 0.717) is 11.4 Å². The van der Waals surface area contributed by atoms with Crippen molar-refractivity contribution < 1.29 is 17.9 Å². The topological polar surface area (TPSA) is 22.1 Å². The smallest absolute Gasteiger partial charge is 0.388 e. The van der Waals surface area contributed by atoms with Crippen molar-refractivity contribution in [1.82, 2.24) is 4.98 Å². The summed E-state index contributed by atoms with van der Waals surface area (Å²) >= 11 is 0. The van der Waals surface area contributed by atoms with Crippen LogP contribution in [0, 0.1) is 5.92 Å². The molecule has 0 saturated heterocycles. The van der Waals surface area contributed by atoms with Crippen LogP contribution in [0.3, 0.4) is 0 Å². The summed E-state index contributed by atoms with van der Waals surface area (Å²) in [5.74, 6) is 0.286. The van der Waals surface area contributed by atoms with Gasteiger partial charge in [0.2, 0.25) is 5.88 Å². The van der Waals surface area contributed by atoms with Crippen molar-refractivity contribution in [3.63, 3.8) is 0 Å². The maximum atomic E-state index is 12.5. The van der Waals surface area contributed by atoms with Crippen LogP contribution in [0.1, 0.15) is 63.0 Å². The van der Waals surface area contributed by atoms with Crippen LogP contribution < -0.4 is 4.74 Å². The second-order valence-corrected chi connectivity index (χ2v) is 8.50. The molecule has 5 heteroatoms. The highest BCUT2D eigenvalue weighted by Gasteiger charge is 2.31. The monoisotopic (exact) mass is 415 g/mol. The Bertz CT molecular complexity index is 1030. The first-order chi connectivity index (χ1) is 14.4. The van der Waals surface area contributed by atoms with Crippen LogP contribution in [0.25, 0.3) is 21.7 Å². The Morgan fingerprint density at radius 2 is 1.63 bits per heavy atom. The van der Waals surface area contributed by atoms with Crippen LogP contribution >= 0.6 is 0 Å². The molecule has 0 spiro atoms. The largest absolute Gasteiger partial charge is 0.574 e. The minimum Gasteiger partial charge on any atom is -0.388 e. The molecule has 3 aromatic rings. The Balaban J connectivity index is 1.49. The summed E-state index contributed by atoms with van der Waals surface area (Å²) in [5, 5.41) is 3.04. The summed E-state index contributed by atoms with van der Waals surface area (Å²) in [5.41, 5.74) is 3.32. The maximum absolute atomic E-state index is 12.5. The molecule has 4 rings (SSSR count). The second kappa shape index (κ2) is 8.83. The van der Waals surface area contributed by atoms with Gasteiger partial charge in [0.05, 0.1) is 5.52 Å². The average Bonchev–Trinajstić information content (AvgIpc) is 3.09. The lowest BCUT2D eigenvalue weighted by atomic mass is 9.97. The maximum Gasteiger partial charge on any atom is 0.574 e. The van der Waals surface area contributed by atoms with Gasteiger partial charge < -0.3 is 4.74 Å². The van der Waals surface area contributed by atoms with Crippen LogP contribution in [-0.2, 0) is 12.8 Å². The lowest BCUT2D eigenvalue weighted by Gasteiger charge is -2.10. The predicted octanol–water partition coefficient (Wildman–Crippen LogP) is 7.75. The van der Waals surface area contributed by atoms with E-state index in [1.165, 1.54) is 62.1 Å². The van der Waals surface area contributed by atoms with E-state index in [-0.39, 0.29) is 0 Å². The van der Waals surface area contributed by atoms with Gasteiger partial charge in [-0.2, -0.15) is 0 Å². The molecule has 0 N–H and O–H groups in total. The molecule has 0 radical (unpaired) electrons. The molecule has 0 amide bonds. The quantitative estimate of drug-likeness (QED) is 0.277. The summed E-state index contributed by atoms with van der Waals surface area (Å²) in [7, 11) is 0. The highest BCUT2D eigenvalue weighted by Crippen LogP contribution is 2.36. The van der Waals surface area contributed by atoms with Crippen molar-refractivity contribution in [2.45, 2.75) is 71.1 Å². The number of aromatic nitrogens is 1. The lowest BCUT2D eigenvalue weighted by Crippen LogP contribution is -2.17. The zero-order valence-electron chi connectivity index (χ0n) is 17.4. The Kier molecular flexibility index (Phi) is 6.16. The molecule has 0 aliphatic heterocycles. The normalized spacial score (nSPS) is 16.3. The van der Waals surface area contributed by atoms with Gasteiger partial charge in [0, 0.05) is 11.5 Å². The fraction of sp³-hybridized carbons (Fsp3) is 0.480. The minimum atomic E-state index is -4.73. The van der Waals surface area contributed by atoms with E-state index >= 15 is 0 Å². The van der Waals surface area contributed by atoms with Crippen molar-refractivity contribution in [3.05, 3.63) is 47.5 Å². The predicted molar refractivity (Wildman–Crippen MR) is 115 cm³/mol. The molecule has 0 saturated carbocycles. The van der Waals surface area contributed by atoms with E-state index in [0.717, 1.165) is 29.0 Å². The van der Waals surface area contributed by atoms with Crippen molar-refractivity contribution in [2.24, 2.45) is 5.92 Å². The number of rotatable bonds is 8. The number of alkyl halides is 3. The highest BCUT2D eigenvalue weighted by molar-refractivity contribution is 6.06. The third-order valence-corrected chi connectivity index (χ3v) is 6.19. The van der Waals surface area contributed by atoms with Gasteiger partial charge in [0.25, 0.3) is 0 Å². The van der Waals surface area contributed by atoms with E-state index in [1.807, 2.05) is 6.07 Å². The van der Waals surface area contributed by atoms with Crippen molar-refractivity contribution >= 4 is 21.7 Å². The molecule has 1 unspecified atom stereocenters. The first kappa shape index (κ1) is 21.0. The van der Waals surface area contributed by atoms with Gasteiger partial charge in [-0.1, -0.05) is 63.6 Å². The van der Waals surface area contributed by atoms with E-state index in [1.54, 1.807) is 12.1 Å². The molecular formula is C25H28F3NO. The van der Waals surface area contributed by atoms with Gasteiger partial charge in [0.1, 0.15) is 0 Å². The van der Waals surface area contributed by atoms with Gasteiger partial charge in [0.15, 0.2) is 0 Å². The minimum absolute atomic E-state index is 0.422. The molecule has 0 bridgehead atoms. The van der Waals surface area contributed by atoms with Crippen molar-refractivity contribution in [3.8, 4) is 5.88 Å². The Morgan fingerprint density at radius 3 is 2.40 bits per heavy atom. The molecule has 1 heterocycles. The van der Waals surface area contributed by atoms with Crippen LogP contribution in [0.2, 0.25) is 0 Å². The van der Waals surface area contributed by atoms with Crippen LogP contribution in [0.4, 0.5) is 13.2 Å². The molecule has 0 fully saturated rings. The van der Waals surface area contributed by atoms with Crippen LogP contribution in [-0.4, -0.2) is 11.3 Å². The Hall–Kier alpha value is -2.30. The molecule has 1 aromatic heterocycles. The first-order valence-corrected chi connectivity index (χ1v) is 11.0. The second-order valence-electron chi connectivity index (χ2n) is 8.50. The average molecular weight is 415 g/mol. The zero-order valence-corrected chi connectivity index (χ0v) is 17.4. The number of benzene rings is 2. The number of ether oxygens (including phenoxy) is 1. The molecule has 1 aliphatic carbocycles. The molecule has 1 aliphatic rings. The number of unbranched alkanes of at least 4 members (excludes halogenated alkanes) is 5. The molecular weight excluding hydrogens is 387 g/mol. The van der Waals surface area contributed by atoms with Crippen LogP contribution in [0.5, 0.6) is 5.88 Å². The third kappa shape index (κ3) is 4.88. The highest BCUT2D eigenvalue weighted by atomic mass is 19.4. The van der Waals surface area contributed by atoms with E-state index < -0.39 is 12.2 Å². The van der Waals surface area contributed by atoms with Gasteiger partial charge in [-0.15, -0.1) is 13.2 Å². The summed E-state index contributed by atoms with van der Waals surface area (Å²) in [6, 6.07) is 11.2. The number of pyridine rings is 1. The third-order valence-electron chi connectivity index (χ3n) is 6.19. The fourth-order valence-corrected chi connectivity index (χ4v) is 4.73. The number of fused-ring (bicyclic) bond motifs is 4. The molecule has 1 atom stereocenters. The van der Waals surface area contributed by atoms with Crippen molar-refractivity contribution in [2.75, 3.05) is 0 Å². The summed E-state index contributed by atoms with van der Waals surface area (Å²) < 4.78 is 41.4. The first-order valence-electron chi connectivity index (χ1n) is 11.0. The Morgan fingerprint density at radius 1 is 0.900 bits per heavy atom. The number of hydrogen-bond acceptors (Lipinski definition) is 2. The van der Waals surface area contributed by atoms with Crippen LogP contribution in [0.15, 0.2) is 36.4 Å². The molecule has 2 nitrogen and oxygen atoms in total. The summed E-state index contributed by atoms with van der Waals surface area (Å²) in [6.45, 7) is 2.24. The molecule has 160 valence electrons. The number of hydrogen-bond donors (Lipinski definition) is 0. The number of halogens is 3. The lowest BCUT2D eigenvalue weighted by molar-refractivity contribution is -0.276. The number of nitrogens with zero attached hydrogens (tertiary/aromatic N) is 1. The van der Waals surface area contributed by atoms with Gasteiger partial charge in [-0.05, 0) is 59.2 Å². The molecule has 2 aromatic carbocycles. The van der Waals surface area contributed by atoms with Gasteiger partial charge >= 0.3 is 6.36 Å². The van der Waals surface area contributed by atoms with Gasteiger partial charge in [-0.3, -0.25) is 0 Å². The van der Waals surface area contributed by atoms with Gasteiger partial charge in [-0.25, -0.2) is 4.98 Å². The van der Waals surface area contributed by atoms with E-state index in [4.69, 9.17) is 0 Å². The Labute approximate surface area is 175 Å². The SMILES string of the molecule is CCCCCCCCC1Cc2cc3ccc4nc(OC(F)(F)F)ccc4c3cc2C1. The summed E-state index contributed by atoms with van der Waals surface area (Å²) in [6.07, 6.45) is 6.72.